The van der Waals surface area contributed by atoms with Crippen molar-refractivity contribution in [1.82, 2.24) is 4.90 Å². The molecule has 1 unspecified atom stereocenters. The fourth-order valence-corrected chi connectivity index (χ4v) is 4.33. The fourth-order valence-electron chi connectivity index (χ4n) is 2.60. The van der Waals surface area contributed by atoms with Crippen LogP contribution >= 0.6 is 0 Å². The van der Waals surface area contributed by atoms with Gasteiger partial charge in [0.05, 0.1) is 16.4 Å². The minimum atomic E-state index is -3.08. The van der Waals surface area contributed by atoms with Crippen LogP contribution in [0.2, 0.25) is 0 Å². The zero-order chi connectivity index (χ0) is 16.3. The third-order valence-electron chi connectivity index (χ3n) is 3.70. The Balaban J connectivity index is 2.21. The van der Waals surface area contributed by atoms with Crippen LogP contribution in [-0.2, 0) is 9.84 Å². The first-order chi connectivity index (χ1) is 10.3. The number of benzene rings is 1. The molecule has 1 saturated heterocycles. The Hall–Kier alpha value is -1.96. The van der Waals surface area contributed by atoms with Crippen molar-refractivity contribution in [2.24, 2.45) is 0 Å². The molecule has 1 fully saturated rings. The van der Waals surface area contributed by atoms with Crippen molar-refractivity contribution in [3.8, 4) is 0 Å². The van der Waals surface area contributed by atoms with Crippen LogP contribution in [-0.4, -0.2) is 48.2 Å². The first-order valence-corrected chi connectivity index (χ1v) is 8.92. The number of nitrogens with zero attached hydrogens (tertiary/aromatic N) is 2. The van der Waals surface area contributed by atoms with Crippen LogP contribution in [0.1, 0.15) is 30.1 Å². The van der Waals surface area contributed by atoms with E-state index in [0.29, 0.717) is 18.5 Å². The van der Waals surface area contributed by atoms with E-state index >= 15 is 0 Å². The van der Waals surface area contributed by atoms with Crippen molar-refractivity contribution < 1.29 is 18.1 Å². The van der Waals surface area contributed by atoms with Gasteiger partial charge < -0.3 is 4.90 Å². The second-order valence-corrected chi connectivity index (χ2v) is 7.59. The summed E-state index contributed by atoms with van der Waals surface area (Å²) in [7, 11) is -3.08. The Kier molecular flexibility index (Phi) is 4.80. The van der Waals surface area contributed by atoms with Gasteiger partial charge >= 0.3 is 0 Å². The summed E-state index contributed by atoms with van der Waals surface area (Å²) in [6.45, 7) is 2.38. The minimum Gasteiger partial charge on any atom is -0.335 e. The Labute approximate surface area is 129 Å². The molecule has 2 rings (SSSR count). The standard InChI is InChI=1S/C14H18N2O5S/c1-2-8-15(13-7-9-22(20,21)10-13)14(17)11-3-5-12(6-4-11)16(18)19/h3-6,13H,2,7-10H2,1H3. The molecule has 8 heteroatoms. The Morgan fingerprint density at radius 1 is 1.36 bits per heavy atom. The van der Waals surface area contributed by atoms with E-state index in [1.54, 1.807) is 4.90 Å². The molecular formula is C14H18N2O5S. The number of amides is 1. The van der Waals surface area contributed by atoms with Crippen LogP contribution in [0.25, 0.3) is 0 Å². The second-order valence-electron chi connectivity index (χ2n) is 5.36. The predicted molar refractivity (Wildman–Crippen MR) is 81.5 cm³/mol. The van der Waals surface area contributed by atoms with Crippen LogP contribution in [0.3, 0.4) is 0 Å². The van der Waals surface area contributed by atoms with Crippen LogP contribution in [0.15, 0.2) is 24.3 Å². The maximum Gasteiger partial charge on any atom is 0.269 e. The quantitative estimate of drug-likeness (QED) is 0.605. The Morgan fingerprint density at radius 3 is 2.45 bits per heavy atom. The fraction of sp³-hybridized carbons (Fsp3) is 0.500. The van der Waals surface area contributed by atoms with E-state index in [-0.39, 0.29) is 29.1 Å². The summed E-state index contributed by atoms with van der Waals surface area (Å²) < 4.78 is 23.2. The molecule has 0 radical (unpaired) electrons. The maximum atomic E-state index is 12.6. The van der Waals surface area contributed by atoms with Gasteiger partial charge in [-0.3, -0.25) is 14.9 Å². The molecular weight excluding hydrogens is 308 g/mol. The van der Waals surface area contributed by atoms with E-state index in [0.717, 1.165) is 6.42 Å². The highest BCUT2D eigenvalue weighted by Gasteiger charge is 2.34. The number of rotatable bonds is 5. The second kappa shape index (κ2) is 6.43. The Bertz CT molecular complexity index is 669. The number of nitro benzene ring substituents is 1. The highest BCUT2D eigenvalue weighted by atomic mass is 32.2. The number of carbonyl (C=O) groups excluding carboxylic acids is 1. The lowest BCUT2D eigenvalue weighted by Crippen LogP contribution is -2.41. The molecule has 1 aromatic rings. The van der Waals surface area contributed by atoms with Crippen LogP contribution in [0, 0.1) is 10.1 Å². The third kappa shape index (κ3) is 3.62. The molecule has 1 atom stereocenters. The molecule has 1 heterocycles. The van der Waals surface area contributed by atoms with E-state index in [1.807, 2.05) is 6.92 Å². The molecule has 0 aromatic heterocycles. The van der Waals surface area contributed by atoms with Crippen molar-refractivity contribution >= 4 is 21.4 Å². The smallest absolute Gasteiger partial charge is 0.269 e. The highest BCUT2D eigenvalue weighted by Crippen LogP contribution is 2.21. The van der Waals surface area contributed by atoms with Gasteiger partial charge in [-0.05, 0) is 25.0 Å². The number of carbonyl (C=O) groups is 1. The van der Waals surface area contributed by atoms with E-state index in [4.69, 9.17) is 0 Å². The number of hydrogen-bond donors (Lipinski definition) is 0. The molecule has 0 N–H and O–H groups in total. The molecule has 0 saturated carbocycles. The van der Waals surface area contributed by atoms with E-state index in [9.17, 15) is 23.3 Å². The van der Waals surface area contributed by atoms with Gasteiger partial charge in [0.15, 0.2) is 9.84 Å². The van der Waals surface area contributed by atoms with Gasteiger partial charge in [0, 0.05) is 30.3 Å². The number of sulfone groups is 1. The molecule has 7 nitrogen and oxygen atoms in total. The van der Waals surface area contributed by atoms with Gasteiger partial charge in [-0.2, -0.15) is 0 Å². The van der Waals surface area contributed by atoms with Crippen LogP contribution in [0.4, 0.5) is 5.69 Å². The number of non-ortho nitro benzene ring substituents is 1. The summed E-state index contributed by atoms with van der Waals surface area (Å²) in [5.41, 5.74) is 0.255. The van der Waals surface area contributed by atoms with Gasteiger partial charge in [-0.1, -0.05) is 6.92 Å². The average Bonchev–Trinajstić information content (AvgIpc) is 2.84. The number of hydrogen-bond acceptors (Lipinski definition) is 5. The van der Waals surface area contributed by atoms with E-state index in [2.05, 4.69) is 0 Å². The van der Waals surface area contributed by atoms with Gasteiger partial charge in [0.2, 0.25) is 0 Å². The summed E-state index contributed by atoms with van der Waals surface area (Å²) in [6.07, 6.45) is 1.16. The normalized spacial score (nSPS) is 19.8. The SMILES string of the molecule is CCCN(C(=O)c1ccc([N+](=O)[O-])cc1)C1CCS(=O)(=O)C1. The molecule has 0 aliphatic carbocycles. The zero-order valence-corrected chi connectivity index (χ0v) is 13.1. The molecule has 1 aromatic carbocycles. The van der Waals surface area contributed by atoms with E-state index in [1.165, 1.54) is 24.3 Å². The lowest BCUT2D eigenvalue weighted by atomic mass is 10.1. The summed E-state index contributed by atoms with van der Waals surface area (Å²) in [5, 5.41) is 10.6. The molecule has 22 heavy (non-hydrogen) atoms. The molecule has 1 amide bonds. The summed E-state index contributed by atoms with van der Waals surface area (Å²) >= 11 is 0. The van der Waals surface area contributed by atoms with Crippen molar-refractivity contribution in [2.75, 3.05) is 18.1 Å². The summed E-state index contributed by atoms with van der Waals surface area (Å²) in [5.74, 6) is -0.184. The van der Waals surface area contributed by atoms with Crippen LogP contribution in [0.5, 0.6) is 0 Å². The lowest BCUT2D eigenvalue weighted by Gasteiger charge is -2.28. The zero-order valence-electron chi connectivity index (χ0n) is 12.3. The van der Waals surface area contributed by atoms with Gasteiger partial charge in [-0.25, -0.2) is 8.42 Å². The van der Waals surface area contributed by atoms with Crippen molar-refractivity contribution in [1.29, 1.82) is 0 Å². The van der Waals surface area contributed by atoms with E-state index < -0.39 is 14.8 Å². The lowest BCUT2D eigenvalue weighted by molar-refractivity contribution is -0.384. The number of nitro groups is 1. The van der Waals surface area contributed by atoms with Crippen LogP contribution < -0.4 is 0 Å². The van der Waals surface area contributed by atoms with Crippen molar-refractivity contribution in [2.45, 2.75) is 25.8 Å². The average molecular weight is 326 g/mol. The minimum absolute atomic E-state index is 0.00821. The monoisotopic (exact) mass is 326 g/mol. The van der Waals surface area contributed by atoms with Crippen molar-refractivity contribution in [3.05, 3.63) is 39.9 Å². The van der Waals surface area contributed by atoms with Gasteiger partial charge in [-0.15, -0.1) is 0 Å². The van der Waals surface area contributed by atoms with Gasteiger partial charge in [0.25, 0.3) is 11.6 Å². The topological polar surface area (TPSA) is 97.6 Å². The first kappa shape index (κ1) is 16.4. The molecule has 1 aliphatic heterocycles. The predicted octanol–water partition coefficient (Wildman–Crippen LogP) is 1.63. The third-order valence-corrected chi connectivity index (χ3v) is 5.45. The summed E-state index contributed by atoms with van der Waals surface area (Å²) in [4.78, 5) is 24.3. The maximum absolute atomic E-state index is 12.6. The van der Waals surface area contributed by atoms with Gasteiger partial charge in [0.1, 0.15) is 0 Å². The highest BCUT2D eigenvalue weighted by molar-refractivity contribution is 7.91. The molecule has 1 aliphatic rings. The largest absolute Gasteiger partial charge is 0.335 e. The molecule has 0 bridgehead atoms. The summed E-state index contributed by atoms with van der Waals surface area (Å²) in [6, 6.07) is 5.07. The molecule has 120 valence electrons. The first-order valence-electron chi connectivity index (χ1n) is 7.10. The van der Waals surface area contributed by atoms with Crippen molar-refractivity contribution in [3.63, 3.8) is 0 Å². The Morgan fingerprint density at radius 2 is 2.00 bits per heavy atom. The molecule has 0 spiro atoms.